The molecule has 1 heterocycles. The van der Waals surface area contributed by atoms with E-state index < -0.39 is 0 Å². The van der Waals surface area contributed by atoms with Gasteiger partial charge in [-0.3, -0.25) is 4.99 Å². The number of hydrogen-bond donors (Lipinski definition) is 2. The fourth-order valence-electron chi connectivity index (χ4n) is 3.25. The fourth-order valence-corrected chi connectivity index (χ4v) is 3.25. The SMILES string of the molecule is CCN(CC)CCCC(C)NC(=NC)NCc1cccnc1OCc1ccccc1. The van der Waals surface area contributed by atoms with Crippen molar-refractivity contribution >= 4 is 5.96 Å². The molecule has 1 aromatic heterocycles. The molecule has 2 rings (SSSR count). The number of nitrogens with one attached hydrogen (secondary N) is 2. The van der Waals surface area contributed by atoms with Gasteiger partial charge in [0.05, 0.1) is 0 Å². The van der Waals surface area contributed by atoms with Gasteiger partial charge in [0, 0.05) is 31.4 Å². The Hall–Kier alpha value is -2.60. The zero-order chi connectivity index (χ0) is 21.6. The summed E-state index contributed by atoms with van der Waals surface area (Å²) in [5.41, 5.74) is 2.13. The molecule has 0 spiro atoms. The highest BCUT2D eigenvalue weighted by atomic mass is 16.5. The first-order chi connectivity index (χ1) is 14.7. The molecular formula is C24H37N5O. The molecule has 0 bridgehead atoms. The van der Waals surface area contributed by atoms with E-state index in [2.05, 4.69) is 46.3 Å². The first-order valence-corrected chi connectivity index (χ1v) is 11.0. The van der Waals surface area contributed by atoms with Crippen molar-refractivity contribution in [2.75, 3.05) is 26.7 Å². The van der Waals surface area contributed by atoms with Crippen LogP contribution >= 0.6 is 0 Å². The Morgan fingerprint density at radius 1 is 1.13 bits per heavy atom. The predicted molar refractivity (Wildman–Crippen MR) is 125 cm³/mol. The van der Waals surface area contributed by atoms with Gasteiger partial charge in [-0.2, -0.15) is 0 Å². The fraction of sp³-hybridized carbons (Fsp3) is 0.500. The van der Waals surface area contributed by atoms with Crippen LogP contribution in [0.3, 0.4) is 0 Å². The van der Waals surface area contributed by atoms with E-state index in [1.165, 1.54) is 6.42 Å². The van der Waals surface area contributed by atoms with E-state index >= 15 is 0 Å². The standard InChI is InChI=1S/C24H37N5O/c1-5-29(6-2)17-11-12-20(3)28-24(25-4)27-18-22-15-10-16-26-23(22)30-19-21-13-8-7-9-14-21/h7-10,13-16,20H,5-6,11-12,17-19H2,1-4H3,(H2,25,27,28). The van der Waals surface area contributed by atoms with E-state index in [-0.39, 0.29) is 0 Å². The van der Waals surface area contributed by atoms with E-state index in [9.17, 15) is 0 Å². The highest BCUT2D eigenvalue weighted by Crippen LogP contribution is 2.16. The number of benzene rings is 1. The number of aromatic nitrogens is 1. The minimum Gasteiger partial charge on any atom is -0.473 e. The normalized spacial score (nSPS) is 12.6. The van der Waals surface area contributed by atoms with Crippen LogP contribution < -0.4 is 15.4 Å². The third-order valence-electron chi connectivity index (χ3n) is 5.13. The summed E-state index contributed by atoms with van der Waals surface area (Å²) in [5, 5.41) is 6.87. The minimum atomic E-state index is 0.356. The quantitative estimate of drug-likeness (QED) is 0.410. The molecule has 2 aromatic rings. The summed E-state index contributed by atoms with van der Waals surface area (Å²) in [4.78, 5) is 11.2. The number of pyridine rings is 1. The van der Waals surface area contributed by atoms with Crippen LogP contribution in [0, 0.1) is 0 Å². The highest BCUT2D eigenvalue weighted by Gasteiger charge is 2.09. The van der Waals surface area contributed by atoms with Gasteiger partial charge >= 0.3 is 0 Å². The first kappa shape index (κ1) is 23.7. The molecule has 2 N–H and O–H groups in total. The summed E-state index contributed by atoms with van der Waals surface area (Å²) in [6, 6.07) is 14.4. The summed E-state index contributed by atoms with van der Waals surface area (Å²) in [6.45, 7) is 11.1. The van der Waals surface area contributed by atoms with Crippen LogP contribution in [-0.2, 0) is 13.2 Å². The van der Waals surface area contributed by atoms with Gasteiger partial charge in [0.2, 0.25) is 5.88 Å². The minimum absolute atomic E-state index is 0.356. The van der Waals surface area contributed by atoms with Gasteiger partial charge in [-0.05, 0) is 51.0 Å². The third-order valence-corrected chi connectivity index (χ3v) is 5.13. The average Bonchev–Trinajstić information content (AvgIpc) is 2.79. The second-order valence-electron chi connectivity index (χ2n) is 7.38. The number of ether oxygens (including phenoxy) is 1. The zero-order valence-corrected chi connectivity index (χ0v) is 18.9. The molecule has 6 heteroatoms. The maximum atomic E-state index is 5.95. The van der Waals surface area contributed by atoms with Crippen LogP contribution in [0.1, 0.15) is 44.7 Å². The summed E-state index contributed by atoms with van der Waals surface area (Å²) >= 11 is 0. The van der Waals surface area contributed by atoms with Crippen LogP contribution in [0.2, 0.25) is 0 Å². The average molecular weight is 412 g/mol. The smallest absolute Gasteiger partial charge is 0.218 e. The van der Waals surface area contributed by atoms with Crippen LogP contribution in [0.4, 0.5) is 0 Å². The van der Waals surface area contributed by atoms with E-state index in [0.29, 0.717) is 25.1 Å². The number of rotatable bonds is 12. The van der Waals surface area contributed by atoms with Gasteiger partial charge in [-0.25, -0.2) is 4.98 Å². The Balaban J connectivity index is 1.81. The van der Waals surface area contributed by atoms with Gasteiger partial charge in [0.1, 0.15) is 6.61 Å². The lowest BCUT2D eigenvalue weighted by atomic mass is 10.2. The second-order valence-corrected chi connectivity index (χ2v) is 7.38. The summed E-state index contributed by atoms with van der Waals surface area (Å²) in [5.74, 6) is 1.44. The van der Waals surface area contributed by atoms with Crippen molar-refractivity contribution in [1.82, 2.24) is 20.5 Å². The molecular weight excluding hydrogens is 374 g/mol. The molecule has 0 amide bonds. The van der Waals surface area contributed by atoms with Crippen molar-refractivity contribution in [3.63, 3.8) is 0 Å². The van der Waals surface area contributed by atoms with Crippen LogP contribution in [0.15, 0.2) is 53.7 Å². The van der Waals surface area contributed by atoms with Crippen molar-refractivity contribution < 1.29 is 4.74 Å². The van der Waals surface area contributed by atoms with Crippen molar-refractivity contribution in [1.29, 1.82) is 0 Å². The molecule has 30 heavy (non-hydrogen) atoms. The molecule has 0 aliphatic heterocycles. The van der Waals surface area contributed by atoms with Gasteiger partial charge in [0.25, 0.3) is 0 Å². The molecule has 0 radical (unpaired) electrons. The Kier molecular flexibility index (Phi) is 10.7. The zero-order valence-electron chi connectivity index (χ0n) is 18.9. The van der Waals surface area contributed by atoms with Crippen LogP contribution in [0.25, 0.3) is 0 Å². The monoisotopic (exact) mass is 411 g/mol. The highest BCUT2D eigenvalue weighted by molar-refractivity contribution is 5.79. The van der Waals surface area contributed by atoms with Gasteiger partial charge < -0.3 is 20.3 Å². The van der Waals surface area contributed by atoms with Crippen LogP contribution in [0.5, 0.6) is 5.88 Å². The lowest BCUT2D eigenvalue weighted by Gasteiger charge is -2.21. The summed E-state index contributed by atoms with van der Waals surface area (Å²) in [6.07, 6.45) is 4.04. The topological polar surface area (TPSA) is 61.8 Å². The summed E-state index contributed by atoms with van der Waals surface area (Å²) < 4.78 is 5.95. The maximum Gasteiger partial charge on any atom is 0.218 e. The van der Waals surface area contributed by atoms with E-state index in [0.717, 1.165) is 43.1 Å². The molecule has 0 saturated heterocycles. The third kappa shape index (κ3) is 8.41. The van der Waals surface area contributed by atoms with Crippen molar-refractivity contribution in [2.45, 2.75) is 52.8 Å². The Labute approximate surface area is 181 Å². The molecule has 1 atom stereocenters. The number of nitrogens with zero attached hydrogens (tertiary/aromatic N) is 3. The molecule has 0 saturated carbocycles. The van der Waals surface area contributed by atoms with Crippen molar-refractivity contribution in [3.05, 3.63) is 59.8 Å². The molecule has 1 unspecified atom stereocenters. The van der Waals surface area contributed by atoms with Gasteiger partial charge in [-0.15, -0.1) is 0 Å². The number of hydrogen-bond acceptors (Lipinski definition) is 4. The van der Waals surface area contributed by atoms with E-state index in [1.54, 1.807) is 13.2 Å². The largest absolute Gasteiger partial charge is 0.473 e. The van der Waals surface area contributed by atoms with E-state index in [4.69, 9.17) is 4.74 Å². The molecule has 0 fully saturated rings. The Bertz CT molecular complexity index is 746. The lowest BCUT2D eigenvalue weighted by molar-refractivity contribution is 0.290. The van der Waals surface area contributed by atoms with Crippen molar-refractivity contribution in [2.24, 2.45) is 4.99 Å². The van der Waals surface area contributed by atoms with Crippen molar-refractivity contribution in [3.8, 4) is 5.88 Å². The molecule has 1 aromatic carbocycles. The maximum absolute atomic E-state index is 5.95. The Morgan fingerprint density at radius 3 is 2.60 bits per heavy atom. The molecule has 0 aliphatic carbocycles. The second kappa shape index (κ2) is 13.6. The summed E-state index contributed by atoms with van der Waals surface area (Å²) in [7, 11) is 1.80. The molecule has 164 valence electrons. The number of aliphatic imine (C=N–C) groups is 1. The Morgan fingerprint density at radius 2 is 1.90 bits per heavy atom. The number of guanidine groups is 1. The lowest BCUT2D eigenvalue weighted by Crippen LogP contribution is -2.42. The predicted octanol–water partition coefficient (Wildman–Crippen LogP) is 3.84. The first-order valence-electron chi connectivity index (χ1n) is 11.0. The van der Waals surface area contributed by atoms with Crippen LogP contribution in [-0.4, -0.2) is 48.6 Å². The van der Waals surface area contributed by atoms with Gasteiger partial charge in [0.15, 0.2) is 5.96 Å². The van der Waals surface area contributed by atoms with Gasteiger partial charge in [-0.1, -0.05) is 50.2 Å². The molecule has 0 aliphatic rings. The van der Waals surface area contributed by atoms with E-state index in [1.807, 2.05) is 42.5 Å². The molecule has 6 nitrogen and oxygen atoms in total.